The second-order valence-corrected chi connectivity index (χ2v) is 5.73. The predicted molar refractivity (Wildman–Crippen MR) is 86.7 cm³/mol. The summed E-state index contributed by atoms with van der Waals surface area (Å²) in [6.45, 7) is 8.58. The molecule has 0 aliphatic rings. The molecule has 3 nitrogen and oxygen atoms in total. The van der Waals surface area contributed by atoms with E-state index < -0.39 is 0 Å². The van der Waals surface area contributed by atoms with Crippen LogP contribution in [0.4, 0.5) is 0 Å². The molecule has 0 bridgehead atoms. The SMILES string of the molecule is CCCNC(CCN(C)C)c1ccc(C)c(C)c1OC. The summed E-state index contributed by atoms with van der Waals surface area (Å²) in [4.78, 5) is 2.23. The zero-order chi connectivity index (χ0) is 15.1. The average molecular weight is 278 g/mol. The Balaban J connectivity index is 3.02. The van der Waals surface area contributed by atoms with E-state index in [1.165, 1.54) is 16.7 Å². The van der Waals surface area contributed by atoms with E-state index in [0.717, 1.165) is 31.7 Å². The van der Waals surface area contributed by atoms with Gasteiger partial charge in [-0.15, -0.1) is 0 Å². The van der Waals surface area contributed by atoms with Crippen LogP contribution in [0.1, 0.15) is 42.5 Å². The van der Waals surface area contributed by atoms with Crippen molar-refractivity contribution in [3.8, 4) is 5.75 Å². The van der Waals surface area contributed by atoms with Crippen molar-refractivity contribution in [2.24, 2.45) is 0 Å². The summed E-state index contributed by atoms with van der Waals surface area (Å²) in [5.74, 6) is 1.04. The van der Waals surface area contributed by atoms with Gasteiger partial charge in [0, 0.05) is 11.6 Å². The lowest BCUT2D eigenvalue weighted by Gasteiger charge is -2.24. The zero-order valence-electron chi connectivity index (χ0n) is 13.9. The lowest BCUT2D eigenvalue weighted by atomic mass is 9.97. The number of nitrogens with zero attached hydrogens (tertiary/aromatic N) is 1. The molecule has 1 rings (SSSR count). The van der Waals surface area contributed by atoms with Crippen molar-refractivity contribution in [3.05, 3.63) is 28.8 Å². The van der Waals surface area contributed by atoms with Crippen LogP contribution >= 0.6 is 0 Å². The highest BCUT2D eigenvalue weighted by Crippen LogP contribution is 2.32. The van der Waals surface area contributed by atoms with Crippen molar-refractivity contribution < 1.29 is 4.74 Å². The minimum absolute atomic E-state index is 0.353. The van der Waals surface area contributed by atoms with Crippen molar-refractivity contribution in [2.45, 2.75) is 39.7 Å². The Morgan fingerprint density at radius 1 is 1.25 bits per heavy atom. The number of benzene rings is 1. The van der Waals surface area contributed by atoms with E-state index in [-0.39, 0.29) is 0 Å². The molecule has 0 amide bonds. The highest BCUT2D eigenvalue weighted by Gasteiger charge is 2.18. The molecular formula is C17H30N2O. The van der Waals surface area contributed by atoms with E-state index in [9.17, 15) is 0 Å². The van der Waals surface area contributed by atoms with Gasteiger partial charge in [-0.3, -0.25) is 0 Å². The van der Waals surface area contributed by atoms with Gasteiger partial charge in [-0.1, -0.05) is 19.1 Å². The van der Waals surface area contributed by atoms with E-state index >= 15 is 0 Å². The third-order valence-electron chi connectivity index (χ3n) is 3.79. The largest absolute Gasteiger partial charge is 0.496 e. The second kappa shape index (κ2) is 8.28. The number of hydrogen-bond donors (Lipinski definition) is 1. The number of ether oxygens (including phenoxy) is 1. The zero-order valence-corrected chi connectivity index (χ0v) is 13.9. The van der Waals surface area contributed by atoms with E-state index in [4.69, 9.17) is 4.74 Å². The van der Waals surface area contributed by atoms with Gasteiger partial charge >= 0.3 is 0 Å². The summed E-state index contributed by atoms with van der Waals surface area (Å²) < 4.78 is 5.67. The maximum Gasteiger partial charge on any atom is 0.126 e. The third kappa shape index (κ3) is 4.50. The molecule has 114 valence electrons. The number of methoxy groups -OCH3 is 1. The Bertz CT molecular complexity index is 416. The standard InChI is InChI=1S/C17H30N2O/c1-7-11-18-16(10-12-19(4)5)15-9-8-13(2)14(3)17(15)20-6/h8-9,16,18H,7,10-12H2,1-6H3. The molecule has 0 fully saturated rings. The first-order valence-corrected chi connectivity index (χ1v) is 7.53. The van der Waals surface area contributed by atoms with Gasteiger partial charge < -0.3 is 15.0 Å². The van der Waals surface area contributed by atoms with Crippen LogP contribution in [0.25, 0.3) is 0 Å². The van der Waals surface area contributed by atoms with Crippen LogP contribution in [-0.2, 0) is 0 Å². The molecule has 0 saturated carbocycles. The minimum atomic E-state index is 0.353. The van der Waals surface area contributed by atoms with Gasteiger partial charge in [0.2, 0.25) is 0 Å². The smallest absolute Gasteiger partial charge is 0.126 e. The quantitative estimate of drug-likeness (QED) is 0.789. The Morgan fingerprint density at radius 2 is 1.95 bits per heavy atom. The molecule has 0 saturated heterocycles. The molecule has 1 N–H and O–H groups in total. The van der Waals surface area contributed by atoms with E-state index in [0.29, 0.717) is 6.04 Å². The molecule has 1 aromatic rings. The average Bonchev–Trinajstić information content (AvgIpc) is 2.42. The molecular weight excluding hydrogens is 248 g/mol. The molecule has 0 heterocycles. The fourth-order valence-corrected chi connectivity index (χ4v) is 2.43. The van der Waals surface area contributed by atoms with Gasteiger partial charge in [0.1, 0.15) is 5.75 Å². The number of rotatable bonds is 8. The molecule has 0 radical (unpaired) electrons. The maximum atomic E-state index is 5.67. The maximum absolute atomic E-state index is 5.67. The molecule has 1 atom stereocenters. The summed E-state index contributed by atoms with van der Waals surface area (Å²) in [6.07, 6.45) is 2.23. The van der Waals surface area contributed by atoms with Crippen molar-refractivity contribution in [2.75, 3.05) is 34.3 Å². The summed E-state index contributed by atoms with van der Waals surface area (Å²) in [5, 5.41) is 3.66. The summed E-state index contributed by atoms with van der Waals surface area (Å²) in [5.41, 5.74) is 3.82. The molecule has 0 aliphatic carbocycles. The predicted octanol–water partition coefficient (Wildman–Crippen LogP) is 3.30. The van der Waals surface area contributed by atoms with Crippen LogP contribution in [0.2, 0.25) is 0 Å². The Labute approximate surface area is 124 Å². The molecule has 3 heteroatoms. The normalized spacial score (nSPS) is 12.8. The first-order chi connectivity index (χ1) is 9.51. The van der Waals surface area contributed by atoms with E-state index in [1.54, 1.807) is 7.11 Å². The van der Waals surface area contributed by atoms with E-state index in [1.807, 2.05) is 0 Å². The molecule has 0 aliphatic heterocycles. The van der Waals surface area contributed by atoms with Crippen molar-refractivity contribution in [3.63, 3.8) is 0 Å². The van der Waals surface area contributed by atoms with Gasteiger partial charge in [0.15, 0.2) is 0 Å². The highest BCUT2D eigenvalue weighted by atomic mass is 16.5. The van der Waals surface area contributed by atoms with Crippen molar-refractivity contribution >= 4 is 0 Å². The Kier molecular flexibility index (Phi) is 7.03. The van der Waals surface area contributed by atoms with Crippen LogP contribution in [0.3, 0.4) is 0 Å². The van der Waals surface area contributed by atoms with Crippen molar-refractivity contribution in [1.82, 2.24) is 10.2 Å². The Morgan fingerprint density at radius 3 is 2.50 bits per heavy atom. The van der Waals surface area contributed by atoms with Crippen LogP contribution in [0.15, 0.2) is 12.1 Å². The highest BCUT2D eigenvalue weighted by molar-refractivity contribution is 5.46. The minimum Gasteiger partial charge on any atom is -0.496 e. The number of nitrogens with one attached hydrogen (secondary N) is 1. The third-order valence-corrected chi connectivity index (χ3v) is 3.79. The van der Waals surface area contributed by atoms with Gasteiger partial charge in [-0.2, -0.15) is 0 Å². The van der Waals surface area contributed by atoms with Crippen LogP contribution in [-0.4, -0.2) is 39.2 Å². The molecule has 20 heavy (non-hydrogen) atoms. The van der Waals surface area contributed by atoms with Crippen molar-refractivity contribution in [1.29, 1.82) is 0 Å². The lowest BCUT2D eigenvalue weighted by Crippen LogP contribution is -2.27. The second-order valence-electron chi connectivity index (χ2n) is 5.73. The molecule has 0 aromatic heterocycles. The summed E-state index contributed by atoms with van der Waals surface area (Å²) in [7, 11) is 6.01. The first-order valence-electron chi connectivity index (χ1n) is 7.53. The summed E-state index contributed by atoms with van der Waals surface area (Å²) >= 11 is 0. The van der Waals surface area contributed by atoms with Gasteiger partial charge in [0.25, 0.3) is 0 Å². The summed E-state index contributed by atoms with van der Waals surface area (Å²) in [6, 6.07) is 4.76. The fraction of sp³-hybridized carbons (Fsp3) is 0.647. The van der Waals surface area contributed by atoms with Crippen LogP contribution in [0, 0.1) is 13.8 Å². The van der Waals surface area contributed by atoms with Gasteiger partial charge in [-0.05, 0) is 65.0 Å². The fourth-order valence-electron chi connectivity index (χ4n) is 2.43. The number of hydrogen-bond acceptors (Lipinski definition) is 3. The first kappa shape index (κ1) is 17.0. The van der Waals surface area contributed by atoms with E-state index in [2.05, 4.69) is 57.2 Å². The van der Waals surface area contributed by atoms with Crippen LogP contribution < -0.4 is 10.1 Å². The topological polar surface area (TPSA) is 24.5 Å². The number of aryl methyl sites for hydroxylation is 1. The molecule has 1 aromatic carbocycles. The molecule has 0 spiro atoms. The monoisotopic (exact) mass is 278 g/mol. The van der Waals surface area contributed by atoms with Gasteiger partial charge in [-0.25, -0.2) is 0 Å². The van der Waals surface area contributed by atoms with Crippen LogP contribution in [0.5, 0.6) is 5.75 Å². The molecule has 1 unspecified atom stereocenters. The Hall–Kier alpha value is -1.06. The van der Waals surface area contributed by atoms with Gasteiger partial charge in [0.05, 0.1) is 7.11 Å². The lowest BCUT2D eigenvalue weighted by molar-refractivity contribution is 0.349.